The first-order valence-electron chi connectivity index (χ1n) is 9.84. The molecule has 0 unspecified atom stereocenters. The molecular formula is C23H21ClN2O3. The van der Waals surface area contributed by atoms with Crippen molar-refractivity contribution < 1.29 is 14.6 Å². The number of phenolic OH excluding ortho intramolecular Hbond substituents is 1. The number of anilines is 1. The van der Waals surface area contributed by atoms with Crippen molar-refractivity contribution in [2.75, 3.05) is 12.1 Å². The number of rotatable bonds is 4. The molecule has 2 aliphatic rings. The number of halogens is 1. The molecule has 1 aliphatic carbocycles. The molecule has 0 atom stereocenters. The van der Waals surface area contributed by atoms with Gasteiger partial charge in [0.25, 0.3) is 0 Å². The number of fused-ring (bicyclic) bond motifs is 1. The molecule has 0 amide bonds. The van der Waals surface area contributed by atoms with Gasteiger partial charge in [-0.15, -0.1) is 0 Å². The minimum Gasteiger partial charge on any atom is -0.507 e. The van der Waals surface area contributed by atoms with Crippen LogP contribution in [0.4, 0.5) is 5.82 Å². The highest BCUT2D eigenvalue weighted by Gasteiger charge is 2.21. The summed E-state index contributed by atoms with van der Waals surface area (Å²) >= 11 is 6.19. The van der Waals surface area contributed by atoms with Crippen molar-refractivity contribution >= 4 is 17.4 Å². The first kappa shape index (κ1) is 18.1. The van der Waals surface area contributed by atoms with Crippen LogP contribution in [0.25, 0.3) is 22.4 Å². The van der Waals surface area contributed by atoms with Gasteiger partial charge in [-0.2, -0.15) is 0 Å². The van der Waals surface area contributed by atoms with Gasteiger partial charge < -0.3 is 19.9 Å². The molecule has 2 aromatic carbocycles. The third kappa shape index (κ3) is 3.58. The van der Waals surface area contributed by atoms with E-state index in [-0.39, 0.29) is 12.5 Å². The summed E-state index contributed by atoms with van der Waals surface area (Å²) in [4.78, 5) is 4.79. The summed E-state index contributed by atoms with van der Waals surface area (Å²) in [7, 11) is 0. The Morgan fingerprint density at radius 3 is 2.72 bits per heavy atom. The summed E-state index contributed by atoms with van der Waals surface area (Å²) in [6.45, 7) is 0.215. The highest BCUT2D eigenvalue weighted by molar-refractivity contribution is 6.31. The molecule has 0 bridgehead atoms. The highest BCUT2D eigenvalue weighted by Crippen LogP contribution is 2.43. The summed E-state index contributed by atoms with van der Waals surface area (Å²) in [5.74, 6) is 2.38. The summed E-state index contributed by atoms with van der Waals surface area (Å²) in [5.41, 5.74) is 3.12. The summed E-state index contributed by atoms with van der Waals surface area (Å²) in [5, 5.41) is 14.5. The van der Waals surface area contributed by atoms with Crippen LogP contribution in [0.3, 0.4) is 0 Å². The van der Waals surface area contributed by atoms with Crippen molar-refractivity contribution in [3.63, 3.8) is 0 Å². The Balaban J connectivity index is 1.64. The second-order valence-corrected chi connectivity index (χ2v) is 7.89. The molecule has 1 aliphatic heterocycles. The zero-order valence-electron chi connectivity index (χ0n) is 15.8. The van der Waals surface area contributed by atoms with Crippen molar-refractivity contribution in [2.24, 2.45) is 0 Å². The predicted molar refractivity (Wildman–Crippen MR) is 114 cm³/mol. The minimum atomic E-state index is 0.142. The van der Waals surface area contributed by atoms with Gasteiger partial charge >= 0.3 is 0 Å². The Morgan fingerprint density at radius 2 is 1.86 bits per heavy atom. The average molecular weight is 409 g/mol. The van der Waals surface area contributed by atoms with Crippen LogP contribution in [0.15, 0.2) is 48.5 Å². The average Bonchev–Trinajstić information content (AvgIpc) is 3.41. The van der Waals surface area contributed by atoms with E-state index in [0.29, 0.717) is 22.3 Å². The van der Waals surface area contributed by atoms with E-state index in [1.807, 2.05) is 30.3 Å². The molecule has 2 heterocycles. The molecule has 2 N–H and O–H groups in total. The van der Waals surface area contributed by atoms with Crippen molar-refractivity contribution in [3.8, 4) is 39.6 Å². The van der Waals surface area contributed by atoms with Crippen LogP contribution in [0.2, 0.25) is 5.02 Å². The molecule has 1 saturated carbocycles. The highest BCUT2D eigenvalue weighted by atomic mass is 35.5. The first-order valence-corrected chi connectivity index (χ1v) is 10.2. The van der Waals surface area contributed by atoms with E-state index in [9.17, 15) is 5.11 Å². The summed E-state index contributed by atoms with van der Waals surface area (Å²) in [6.07, 6.45) is 4.75. The summed E-state index contributed by atoms with van der Waals surface area (Å²) in [6, 6.07) is 15.2. The normalized spacial score (nSPS) is 15.6. The maximum Gasteiger partial charge on any atom is 0.231 e. The Morgan fingerprint density at radius 1 is 1.00 bits per heavy atom. The lowest BCUT2D eigenvalue weighted by atomic mass is 10.0. The zero-order chi connectivity index (χ0) is 19.8. The van der Waals surface area contributed by atoms with Crippen LogP contribution in [-0.4, -0.2) is 22.9 Å². The summed E-state index contributed by atoms with van der Waals surface area (Å²) < 4.78 is 11.2. The van der Waals surface area contributed by atoms with E-state index in [1.165, 1.54) is 12.8 Å². The molecule has 1 aromatic heterocycles. The fourth-order valence-corrected chi connectivity index (χ4v) is 4.22. The Kier molecular flexibility index (Phi) is 4.68. The number of hydrogen-bond donors (Lipinski definition) is 2. The number of benzene rings is 2. The monoisotopic (exact) mass is 408 g/mol. The predicted octanol–water partition coefficient (Wildman–Crippen LogP) is 5.86. The molecule has 5 rings (SSSR count). The van der Waals surface area contributed by atoms with Gasteiger partial charge in [0.15, 0.2) is 11.5 Å². The molecule has 1 fully saturated rings. The van der Waals surface area contributed by atoms with Crippen LogP contribution in [-0.2, 0) is 0 Å². The molecule has 0 spiro atoms. The Labute approximate surface area is 174 Å². The maximum atomic E-state index is 10.4. The lowest BCUT2D eigenvalue weighted by Crippen LogP contribution is -2.15. The molecule has 29 heavy (non-hydrogen) atoms. The molecule has 0 saturated heterocycles. The number of aromatic nitrogens is 1. The van der Waals surface area contributed by atoms with Crippen molar-refractivity contribution in [1.29, 1.82) is 0 Å². The van der Waals surface area contributed by atoms with Gasteiger partial charge in [0, 0.05) is 22.2 Å². The van der Waals surface area contributed by atoms with Crippen molar-refractivity contribution in [2.45, 2.75) is 31.7 Å². The maximum absolute atomic E-state index is 10.4. The van der Waals surface area contributed by atoms with E-state index >= 15 is 0 Å². The van der Waals surface area contributed by atoms with Crippen molar-refractivity contribution in [1.82, 2.24) is 4.98 Å². The van der Waals surface area contributed by atoms with Crippen molar-refractivity contribution in [3.05, 3.63) is 53.6 Å². The van der Waals surface area contributed by atoms with Crippen LogP contribution in [0.5, 0.6) is 17.2 Å². The molecule has 0 radical (unpaired) electrons. The van der Waals surface area contributed by atoms with Crippen LogP contribution in [0.1, 0.15) is 25.7 Å². The third-order valence-electron chi connectivity index (χ3n) is 5.47. The van der Waals surface area contributed by atoms with Gasteiger partial charge in [-0.1, -0.05) is 36.6 Å². The lowest BCUT2D eigenvalue weighted by Gasteiger charge is -2.16. The van der Waals surface area contributed by atoms with Gasteiger partial charge in [-0.25, -0.2) is 4.98 Å². The molecule has 5 nitrogen and oxygen atoms in total. The molecule has 6 heteroatoms. The number of ether oxygens (including phenoxy) is 2. The SMILES string of the molecule is Oc1ccc(Cl)cc1-c1cc(-c2cccc3c2OCO3)cc(NC2CCCC2)n1. The number of hydrogen-bond acceptors (Lipinski definition) is 5. The standard InChI is InChI=1S/C23H21ClN2O3/c24-15-8-9-20(27)18(12-15)19-10-14(11-22(26-19)25-16-4-1-2-5-16)17-6-3-7-21-23(17)29-13-28-21/h3,6-12,16,27H,1-2,4-5,13H2,(H,25,26). The number of phenols is 1. The van der Waals surface area contributed by atoms with E-state index < -0.39 is 0 Å². The van der Waals surface area contributed by atoms with Gasteiger partial charge in [-0.3, -0.25) is 0 Å². The Bertz CT molecular complexity index is 1060. The number of aromatic hydroxyl groups is 1. The van der Waals surface area contributed by atoms with Crippen LogP contribution in [0, 0.1) is 0 Å². The van der Waals surface area contributed by atoms with Gasteiger partial charge in [0.2, 0.25) is 6.79 Å². The van der Waals surface area contributed by atoms with E-state index in [2.05, 4.69) is 5.32 Å². The van der Waals surface area contributed by atoms with E-state index in [1.54, 1.807) is 18.2 Å². The minimum absolute atomic E-state index is 0.142. The van der Waals surface area contributed by atoms with Gasteiger partial charge in [0.05, 0.1) is 5.69 Å². The van der Waals surface area contributed by atoms with E-state index in [0.717, 1.165) is 41.3 Å². The number of nitrogens with zero attached hydrogens (tertiary/aromatic N) is 1. The van der Waals surface area contributed by atoms with Crippen LogP contribution >= 0.6 is 11.6 Å². The largest absolute Gasteiger partial charge is 0.507 e. The number of para-hydroxylation sites is 1. The zero-order valence-corrected chi connectivity index (χ0v) is 16.6. The lowest BCUT2D eigenvalue weighted by molar-refractivity contribution is 0.174. The van der Waals surface area contributed by atoms with E-state index in [4.69, 9.17) is 26.1 Å². The third-order valence-corrected chi connectivity index (χ3v) is 5.71. The molecule has 3 aromatic rings. The fourth-order valence-electron chi connectivity index (χ4n) is 4.05. The second kappa shape index (κ2) is 7.48. The number of nitrogens with one attached hydrogen (secondary N) is 1. The molecule has 148 valence electrons. The van der Waals surface area contributed by atoms with Crippen LogP contribution < -0.4 is 14.8 Å². The van der Waals surface area contributed by atoms with Gasteiger partial charge in [0.1, 0.15) is 11.6 Å². The Hall–Kier alpha value is -2.92. The van der Waals surface area contributed by atoms with Gasteiger partial charge in [-0.05, 0) is 54.8 Å². The second-order valence-electron chi connectivity index (χ2n) is 7.45. The molecular weight excluding hydrogens is 388 g/mol. The topological polar surface area (TPSA) is 63.6 Å². The quantitative estimate of drug-likeness (QED) is 0.566. The number of pyridine rings is 1. The fraction of sp³-hybridized carbons (Fsp3) is 0.261. The first-order chi connectivity index (χ1) is 14.2. The smallest absolute Gasteiger partial charge is 0.231 e.